The number of carbonyl (C=O) groups is 1. The van der Waals surface area contributed by atoms with E-state index in [1.165, 1.54) is 12.1 Å². The Balaban J connectivity index is 2.01. The Morgan fingerprint density at radius 3 is 2.63 bits per heavy atom. The minimum absolute atomic E-state index is 0.0927. The van der Waals surface area contributed by atoms with Gasteiger partial charge in [0.05, 0.1) is 6.61 Å². The second kappa shape index (κ2) is 5.70. The Morgan fingerprint density at radius 2 is 2.05 bits per heavy atom. The molecule has 4 heteroatoms. The first-order valence-electron chi connectivity index (χ1n) is 6.71. The highest BCUT2D eigenvalue weighted by Gasteiger charge is 2.33. The van der Waals surface area contributed by atoms with Crippen molar-refractivity contribution in [2.75, 3.05) is 13.2 Å². The molecule has 0 saturated heterocycles. The Bertz CT molecular complexity index is 447. The Labute approximate surface area is 112 Å². The first kappa shape index (κ1) is 14.0. The van der Waals surface area contributed by atoms with Gasteiger partial charge in [0, 0.05) is 17.5 Å². The SMILES string of the molecule is Cc1cc(F)cc(C(=O)NCC2(CO)CCCC2)c1. The van der Waals surface area contributed by atoms with Crippen molar-refractivity contribution in [3.05, 3.63) is 35.1 Å². The van der Waals surface area contributed by atoms with Crippen molar-refractivity contribution in [3.63, 3.8) is 0 Å². The molecule has 1 aromatic carbocycles. The van der Waals surface area contributed by atoms with Crippen molar-refractivity contribution in [3.8, 4) is 0 Å². The molecular weight excluding hydrogens is 245 g/mol. The topological polar surface area (TPSA) is 49.3 Å². The Kier molecular flexibility index (Phi) is 4.20. The highest BCUT2D eigenvalue weighted by atomic mass is 19.1. The number of hydrogen-bond acceptors (Lipinski definition) is 2. The Hall–Kier alpha value is -1.42. The summed E-state index contributed by atoms with van der Waals surface area (Å²) in [5.74, 6) is -0.676. The smallest absolute Gasteiger partial charge is 0.251 e. The second-order valence-corrected chi connectivity index (χ2v) is 5.57. The quantitative estimate of drug-likeness (QED) is 0.878. The van der Waals surface area contributed by atoms with Crippen LogP contribution < -0.4 is 5.32 Å². The average molecular weight is 265 g/mol. The number of halogens is 1. The van der Waals surface area contributed by atoms with Gasteiger partial charge in [-0.25, -0.2) is 4.39 Å². The van der Waals surface area contributed by atoms with E-state index in [9.17, 15) is 14.3 Å². The maximum Gasteiger partial charge on any atom is 0.251 e. The molecule has 1 aromatic rings. The molecule has 0 spiro atoms. The van der Waals surface area contributed by atoms with Crippen LogP contribution in [0.4, 0.5) is 4.39 Å². The molecule has 0 aromatic heterocycles. The molecule has 0 heterocycles. The molecule has 104 valence electrons. The molecule has 1 aliphatic carbocycles. The summed E-state index contributed by atoms with van der Waals surface area (Å²) in [4.78, 5) is 12.0. The number of hydrogen-bond donors (Lipinski definition) is 2. The summed E-state index contributed by atoms with van der Waals surface area (Å²) in [6, 6.07) is 4.30. The third kappa shape index (κ3) is 3.32. The number of amides is 1. The van der Waals surface area contributed by atoms with Gasteiger partial charge in [-0.3, -0.25) is 4.79 Å². The zero-order valence-electron chi connectivity index (χ0n) is 11.2. The van der Waals surface area contributed by atoms with Gasteiger partial charge in [-0.2, -0.15) is 0 Å². The van der Waals surface area contributed by atoms with E-state index in [0.717, 1.165) is 31.2 Å². The lowest BCUT2D eigenvalue weighted by Crippen LogP contribution is -2.38. The fourth-order valence-corrected chi connectivity index (χ4v) is 2.75. The second-order valence-electron chi connectivity index (χ2n) is 5.57. The number of aliphatic hydroxyl groups is 1. The van der Waals surface area contributed by atoms with Crippen LogP contribution >= 0.6 is 0 Å². The van der Waals surface area contributed by atoms with Crippen molar-refractivity contribution in [1.29, 1.82) is 0 Å². The summed E-state index contributed by atoms with van der Waals surface area (Å²) in [6.07, 6.45) is 4.06. The summed E-state index contributed by atoms with van der Waals surface area (Å²) in [6.45, 7) is 2.30. The fraction of sp³-hybridized carbons (Fsp3) is 0.533. The van der Waals surface area contributed by atoms with E-state index in [1.54, 1.807) is 13.0 Å². The molecule has 0 radical (unpaired) electrons. The van der Waals surface area contributed by atoms with Gasteiger partial charge < -0.3 is 10.4 Å². The van der Waals surface area contributed by atoms with Gasteiger partial charge in [-0.05, 0) is 43.5 Å². The average Bonchev–Trinajstić information content (AvgIpc) is 2.84. The molecule has 0 atom stereocenters. The summed E-state index contributed by atoms with van der Waals surface area (Å²) in [5, 5.41) is 12.3. The van der Waals surface area contributed by atoms with E-state index in [0.29, 0.717) is 12.1 Å². The largest absolute Gasteiger partial charge is 0.396 e. The standard InChI is InChI=1S/C15H20FNO2/c1-11-6-12(8-13(16)7-11)14(19)17-9-15(10-18)4-2-3-5-15/h6-8,18H,2-5,9-10H2,1H3,(H,17,19). The minimum Gasteiger partial charge on any atom is -0.396 e. The number of rotatable bonds is 4. The summed E-state index contributed by atoms with van der Waals surface area (Å²) in [5.41, 5.74) is 0.879. The molecule has 1 amide bonds. The zero-order valence-corrected chi connectivity index (χ0v) is 11.2. The molecule has 0 unspecified atom stereocenters. The monoisotopic (exact) mass is 265 g/mol. The predicted molar refractivity (Wildman–Crippen MR) is 71.5 cm³/mol. The van der Waals surface area contributed by atoms with E-state index in [2.05, 4.69) is 5.32 Å². The summed E-state index contributed by atoms with van der Waals surface area (Å²) >= 11 is 0. The molecule has 1 saturated carbocycles. The van der Waals surface area contributed by atoms with Gasteiger partial charge in [0.2, 0.25) is 0 Å². The predicted octanol–water partition coefficient (Wildman–Crippen LogP) is 2.42. The highest BCUT2D eigenvalue weighted by Crippen LogP contribution is 2.36. The van der Waals surface area contributed by atoms with Gasteiger partial charge in [0.1, 0.15) is 5.82 Å². The summed E-state index contributed by atoms with van der Waals surface area (Å²) in [7, 11) is 0. The van der Waals surface area contributed by atoms with Crippen LogP contribution in [0.3, 0.4) is 0 Å². The van der Waals surface area contributed by atoms with E-state index >= 15 is 0 Å². The van der Waals surface area contributed by atoms with Crippen molar-refractivity contribution < 1.29 is 14.3 Å². The molecule has 3 nitrogen and oxygen atoms in total. The number of aliphatic hydroxyl groups excluding tert-OH is 1. The molecule has 19 heavy (non-hydrogen) atoms. The molecule has 0 aliphatic heterocycles. The lowest BCUT2D eigenvalue weighted by Gasteiger charge is -2.26. The fourth-order valence-electron chi connectivity index (χ4n) is 2.75. The maximum atomic E-state index is 13.3. The normalized spacial score (nSPS) is 17.4. The van der Waals surface area contributed by atoms with Crippen LogP contribution in [0.5, 0.6) is 0 Å². The Morgan fingerprint density at radius 1 is 1.37 bits per heavy atom. The van der Waals surface area contributed by atoms with Crippen LogP contribution in [0.1, 0.15) is 41.6 Å². The van der Waals surface area contributed by atoms with Crippen LogP contribution in [-0.2, 0) is 0 Å². The first-order valence-corrected chi connectivity index (χ1v) is 6.71. The van der Waals surface area contributed by atoms with Crippen LogP contribution in [0.25, 0.3) is 0 Å². The van der Waals surface area contributed by atoms with Crippen LogP contribution in [0.15, 0.2) is 18.2 Å². The molecular formula is C15H20FNO2. The van der Waals surface area contributed by atoms with Gasteiger partial charge in [0.15, 0.2) is 0 Å². The lowest BCUT2D eigenvalue weighted by atomic mass is 9.87. The summed E-state index contributed by atoms with van der Waals surface area (Å²) < 4.78 is 13.3. The van der Waals surface area contributed by atoms with Gasteiger partial charge in [0.25, 0.3) is 5.91 Å². The van der Waals surface area contributed by atoms with Crippen molar-refractivity contribution >= 4 is 5.91 Å². The van der Waals surface area contributed by atoms with E-state index in [-0.39, 0.29) is 17.9 Å². The molecule has 2 rings (SSSR count). The van der Waals surface area contributed by atoms with E-state index < -0.39 is 5.82 Å². The lowest BCUT2D eigenvalue weighted by molar-refractivity contribution is 0.0880. The third-order valence-electron chi connectivity index (χ3n) is 3.93. The number of aryl methyl sites for hydroxylation is 1. The molecule has 0 bridgehead atoms. The maximum absolute atomic E-state index is 13.3. The molecule has 1 fully saturated rings. The van der Waals surface area contributed by atoms with Crippen LogP contribution in [0.2, 0.25) is 0 Å². The third-order valence-corrected chi connectivity index (χ3v) is 3.93. The molecule has 1 aliphatic rings. The zero-order chi connectivity index (χ0) is 13.9. The van der Waals surface area contributed by atoms with Crippen molar-refractivity contribution in [2.24, 2.45) is 5.41 Å². The highest BCUT2D eigenvalue weighted by molar-refractivity contribution is 5.94. The van der Waals surface area contributed by atoms with Gasteiger partial charge in [-0.15, -0.1) is 0 Å². The van der Waals surface area contributed by atoms with Gasteiger partial charge >= 0.3 is 0 Å². The van der Waals surface area contributed by atoms with Crippen LogP contribution in [-0.4, -0.2) is 24.2 Å². The van der Waals surface area contributed by atoms with Gasteiger partial charge in [-0.1, -0.05) is 12.8 Å². The number of carbonyl (C=O) groups excluding carboxylic acids is 1. The van der Waals surface area contributed by atoms with Crippen molar-refractivity contribution in [1.82, 2.24) is 5.32 Å². The number of benzene rings is 1. The van der Waals surface area contributed by atoms with Crippen molar-refractivity contribution in [2.45, 2.75) is 32.6 Å². The van der Waals surface area contributed by atoms with E-state index in [1.807, 2.05) is 0 Å². The van der Waals surface area contributed by atoms with E-state index in [4.69, 9.17) is 0 Å². The minimum atomic E-state index is -0.400. The van der Waals surface area contributed by atoms with Crippen LogP contribution in [0, 0.1) is 18.2 Å². The first-order chi connectivity index (χ1) is 9.04. The number of nitrogens with one attached hydrogen (secondary N) is 1. The molecule has 2 N–H and O–H groups in total.